The molecule has 19 heavy (non-hydrogen) atoms. The lowest BCUT2D eigenvalue weighted by molar-refractivity contribution is -0.131. The van der Waals surface area contributed by atoms with Crippen molar-refractivity contribution in [3.05, 3.63) is 23.9 Å². The summed E-state index contributed by atoms with van der Waals surface area (Å²) in [7, 11) is 0. The van der Waals surface area contributed by atoms with Crippen molar-refractivity contribution < 1.29 is 14.7 Å². The van der Waals surface area contributed by atoms with E-state index in [1.807, 2.05) is 16.7 Å². The Bertz CT molecular complexity index is 482. The molecule has 6 heteroatoms. The first-order valence-electron chi connectivity index (χ1n) is 6.34. The van der Waals surface area contributed by atoms with Gasteiger partial charge in [-0.05, 0) is 12.1 Å². The van der Waals surface area contributed by atoms with Crippen LogP contribution in [0.25, 0.3) is 0 Å². The monoisotopic (exact) mass is 263 g/mol. The summed E-state index contributed by atoms with van der Waals surface area (Å²) >= 11 is 0. The molecule has 1 fully saturated rings. The van der Waals surface area contributed by atoms with Gasteiger partial charge < -0.3 is 14.9 Å². The summed E-state index contributed by atoms with van der Waals surface area (Å²) in [5, 5.41) is 8.96. The first-order valence-corrected chi connectivity index (χ1v) is 6.34. The first-order chi connectivity index (χ1) is 9.11. The Hall–Kier alpha value is -2.11. The van der Waals surface area contributed by atoms with Crippen LogP contribution in [-0.2, 0) is 4.79 Å². The lowest BCUT2D eigenvalue weighted by Crippen LogP contribution is -2.48. The third-order valence-electron chi connectivity index (χ3n) is 3.25. The molecule has 0 radical (unpaired) electrons. The van der Waals surface area contributed by atoms with Gasteiger partial charge in [0, 0.05) is 38.8 Å². The van der Waals surface area contributed by atoms with Crippen molar-refractivity contribution in [2.75, 3.05) is 31.1 Å². The number of carboxylic acids is 1. The number of hydrogen-bond donors (Lipinski definition) is 1. The number of carbonyl (C=O) groups is 2. The molecule has 2 heterocycles. The van der Waals surface area contributed by atoms with Gasteiger partial charge in [-0.1, -0.05) is 6.92 Å². The largest absolute Gasteiger partial charge is 0.478 e. The van der Waals surface area contributed by atoms with Crippen molar-refractivity contribution in [1.29, 1.82) is 0 Å². The van der Waals surface area contributed by atoms with Crippen LogP contribution in [0.5, 0.6) is 0 Å². The SMILES string of the molecule is CCC(=O)N1CCN(c2cc(C(=O)O)ccn2)CC1. The van der Waals surface area contributed by atoms with Crippen LogP contribution in [0.2, 0.25) is 0 Å². The van der Waals surface area contributed by atoms with Gasteiger partial charge in [-0.15, -0.1) is 0 Å². The van der Waals surface area contributed by atoms with Crippen molar-refractivity contribution in [3.8, 4) is 0 Å². The van der Waals surface area contributed by atoms with E-state index in [9.17, 15) is 9.59 Å². The van der Waals surface area contributed by atoms with E-state index in [1.54, 1.807) is 6.07 Å². The molecule has 0 aromatic carbocycles. The second kappa shape index (κ2) is 5.69. The minimum absolute atomic E-state index is 0.159. The van der Waals surface area contributed by atoms with Gasteiger partial charge >= 0.3 is 5.97 Å². The first kappa shape index (κ1) is 13.3. The second-order valence-corrected chi connectivity index (χ2v) is 4.43. The van der Waals surface area contributed by atoms with Crippen LogP contribution in [0.15, 0.2) is 18.3 Å². The van der Waals surface area contributed by atoms with E-state index in [1.165, 1.54) is 12.3 Å². The molecule has 0 atom stereocenters. The molecule has 102 valence electrons. The van der Waals surface area contributed by atoms with Crippen LogP contribution in [0.4, 0.5) is 5.82 Å². The molecule has 1 aromatic heterocycles. The van der Waals surface area contributed by atoms with E-state index < -0.39 is 5.97 Å². The fourth-order valence-electron chi connectivity index (χ4n) is 2.13. The van der Waals surface area contributed by atoms with Gasteiger partial charge in [-0.3, -0.25) is 4.79 Å². The van der Waals surface area contributed by atoms with Gasteiger partial charge in [0.05, 0.1) is 5.56 Å². The van der Waals surface area contributed by atoms with Crippen LogP contribution >= 0.6 is 0 Å². The maximum absolute atomic E-state index is 11.6. The molecule has 0 aliphatic carbocycles. The predicted octanol–water partition coefficient (Wildman–Crippen LogP) is 0.838. The lowest BCUT2D eigenvalue weighted by atomic mass is 10.2. The number of carboxylic acid groups (broad SMARTS) is 1. The van der Waals surface area contributed by atoms with Crippen LogP contribution < -0.4 is 4.90 Å². The molecule has 0 bridgehead atoms. The molecule has 0 spiro atoms. The molecule has 0 unspecified atom stereocenters. The van der Waals surface area contributed by atoms with E-state index >= 15 is 0 Å². The highest BCUT2D eigenvalue weighted by molar-refractivity contribution is 5.88. The maximum atomic E-state index is 11.6. The fraction of sp³-hybridized carbons (Fsp3) is 0.462. The average Bonchev–Trinajstić information content (AvgIpc) is 2.46. The van der Waals surface area contributed by atoms with E-state index in [4.69, 9.17) is 5.11 Å². The molecule has 2 rings (SSSR count). The molecular weight excluding hydrogens is 246 g/mol. The number of hydrogen-bond acceptors (Lipinski definition) is 4. The Morgan fingerprint density at radius 3 is 2.58 bits per heavy atom. The molecule has 0 saturated carbocycles. The Morgan fingerprint density at radius 2 is 2.00 bits per heavy atom. The zero-order valence-corrected chi connectivity index (χ0v) is 10.9. The third-order valence-corrected chi connectivity index (χ3v) is 3.25. The fourth-order valence-corrected chi connectivity index (χ4v) is 2.13. The van der Waals surface area contributed by atoms with E-state index in [0.717, 1.165) is 0 Å². The average molecular weight is 263 g/mol. The van der Waals surface area contributed by atoms with Gasteiger partial charge in [-0.25, -0.2) is 9.78 Å². The molecule has 6 nitrogen and oxygen atoms in total. The summed E-state index contributed by atoms with van der Waals surface area (Å²) < 4.78 is 0. The Kier molecular flexibility index (Phi) is 3.99. The molecule has 1 N–H and O–H groups in total. The summed E-state index contributed by atoms with van der Waals surface area (Å²) in [5.74, 6) is -0.140. The zero-order valence-electron chi connectivity index (χ0n) is 10.9. The van der Waals surface area contributed by atoms with E-state index in [2.05, 4.69) is 4.98 Å². The summed E-state index contributed by atoms with van der Waals surface area (Å²) in [6.07, 6.45) is 2.02. The zero-order chi connectivity index (χ0) is 13.8. The smallest absolute Gasteiger partial charge is 0.335 e. The van der Waals surface area contributed by atoms with Gasteiger partial charge in [0.25, 0.3) is 0 Å². The minimum atomic E-state index is -0.955. The highest BCUT2D eigenvalue weighted by Gasteiger charge is 2.21. The summed E-state index contributed by atoms with van der Waals surface area (Å²) in [6, 6.07) is 3.04. The molecular formula is C13H17N3O3. The number of piperazine rings is 1. The summed E-state index contributed by atoms with van der Waals surface area (Å²) in [5.41, 5.74) is 0.233. The lowest BCUT2D eigenvalue weighted by Gasteiger charge is -2.35. The van der Waals surface area contributed by atoms with Crippen LogP contribution in [0.1, 0.15) is 23.7 Å². The molecule has 1 aromatic rings. The molecule has 1 aliphatic rings. The van der Waals surface area contributed by atoms with Crippen molar-refractivity contribution in [2.45, 2.75) is 13.3 Å². The summed E-state index contributed by atoms with van der Waals surface area (Å²) in [4.78, 5) is 30.5. The summed E-state index contributed by atoms with van der Waals surface area (Å²) in [6.45, 7) is 4.54. The highest BCUT2D eigenvalue weighted by Crippen LogP contribution is 2.15. The maximum Gasteiger partial charge on any atom is 0.335 e. The Morgan fingerprint density at radius 1 is 1.32 bits per heavy atom. The normalized spacial score (nSPS) is 15.4. The predicted molar refractivity (Wildman–Crippen MR) is 70.3 cm³/mol. The number of amides is 1. The Balaban J connectivity index is 2.03. The number of nitrogens with zero attached hydrogens (tertiary/aromatic N) is 3. The van der Waals surface area contributed by atoms with Crippen molar-refractivity contribution in [3.63, 3.8) is 0 Å². The van der Waals surface area contributed by atoms with Crippen molar-refractivity contribution >= 4 is 17.7 Å². The van der Waals surface area contributed by atoms with Crippen molar-refractivity contribution in [2.24, 2.45) is 0 Å². The standard InChI is InChI=1S/C13H17N3O3/c1-2-12(17)16-7-5-15(6-8-16)11-9-10(13(18)19)3-4-14-11/h3-4,9H,2,5-8H2,1H3,(H,18,19). The Labute approximate surface area is 111 Å². The van der Waals surface area contributed by atoms with Crippen LogP contribution in [0, 0.1) is 0 Å². The van der Waals surface area contributed by atoms with Crippen LogP contribution in [-0.4, -0.2) is 53.0 Å². The van der Waals surface area contributed by atoms with E-state index in [0.29, 0.717) is 38.4 Å². The van der Waals surface area contributed by atoms with Crippen LogP contribution in [0.3, 0.4) is 0 Å². The number of rotatable bonds is 3. The van der Waals surface area contributed by atoms with Crippen molar-refractivity contribution in [1.82, 2.24) is 9.88 Å². The number of carbonyl (C=O) groups excluding carboxylic acids is 1. The topological polar surface area (TPSA) is 73.7 Å². The quantitative estimate of drug-likeness (QED) is 0.874. The molecule has 1 saturated heterocycles. The number of aromatic carboxylic acids is 1. The third kappa shape index (κ3) is 3.01. The number of aromatic nitrogens is 1. The minimum Gasteiger partial charge on any atom is -0.478 e. The van der Waals surface area contributed by atoms with E-state index in [-0.39, 0.29) is 11.5 Å². The van der Waals surface area contributed by atoms with Gasteiger partial charge in [-0.2, -0.15) is 0 Å². The van der Waals surface area contributed by atoms with Gasteiger partial charge in [0.15, 0.2) is 0 Å². The van der Waals surface area contributed by atoms with Gasteiger partial charge in [0.2, 0.25) is 5.91 Å². The number of pyridine rings is 1. The molecule has 1 aliphatic heterocycles. The highest BCUT2D eigenvalue weighted by atomic mass is 16.4. The second-order valence-electron chi connectivity index (χ2n) is 4.43. The van der Waals surface area contributed by atoms with Gasteiger partial charge in [0.1, 0.15) is 5.82 Å². The number of anilines is 1. The molecule has 1 amide bonds.